The molecule has 0 radical (unpaired) electrons. The maximum Gasteiger partial charge on any atom is 0.0630 e. The predicted octanol–water partition coefficient (Wildman–Crippen LogP) is 3.42. The molecular formula is C15H29N3. The first-order valence-electron chi connectivity index (χ1n) is 7.21. The van der Waals surface area contributed by atoms with Gasteiger partial charge >= 0.3 is 0 Å². The molecule has 1 aromatic rings. The lowest BCUT2D eigenvalue weighted by molar-refractivity contribution is 0.323. The maximum absolute atomic E-state index is 4.74. The van der Waals surface area contributed by atoms with Crippen LogP contribution in [0.4, 0.5) is 0 Å². The predicted molar refractivity (Wildman–Crippen MR) is 77.9 cm³/mol. The fraction of sp³-hybridized carbons (Fsp3) is 0.800. The second-order valence-corrected chi connectivity index (χ2v) is 5.95. The van der Waals surface area contributed by atoms with Crippen LogP contribution in [0.1, 0.15) is 58.7 Å². The standard InChI is InChI=1S/C15H29N3/c1-6-14(7-2)18-11-8-13(17-18)12-15(3,4)9-10-16-5/h8,11,14,16H,6-7,9-10,12H2,1-5H3. The molecule has 0 unspecified atom stereocenters. The highest BCUT2D eigenvalue weighted by Crippen LogP contribution is 2.25. The van der Waals surface area contributed by atoms with Crippen molar-refractivity contribution in [2.45, 2.75) is 59.4 Å². The summed E-state index contributed by atoms with van der Waals surface area (Å²) in [6.45, 7) is 10.2. The molecule has 0 aliphatic rings. The number of hydrogen-bond acceptors (Lipinski definition) is 2. The molecule has 0 saturated heterocycles. The van der Waals surface area contributed by atoms with Crippen LogP contribution >= 0.6 is 0 Å². The van der Waals surface area contributed by atoms with Gasteiger partial charge in [-0.1, -0.05) is 27.7 Å². The number of aromatic nitrogens is 2. The number of hydrogen-bond donors (Lipinski definition) is 1. The summed E-state index contributed by atoms with van der Waals surface area (Å²) in [5, 5.41) is 7.97. The summed E-state index contributed by atoms with van der Waals surface area (Å²) in [6, 6.07) is 2.73. The molecule has 0 atom stereocenters. The molecule has 0 amide bonds. The molecule has 0 saturated carbocycles. The Bertz CT molecular complexity index is 337. The van der Waals surface area contributed by atoms with Crippen molar-refractivity contribution in [3.05, 3.63) is 18.0 Å². The molecule has 3 heteroatoms. The lowest BCUT2D eigenvalue weighted by Crippen LogP contribution is -2.22. The summed E-state index contributed by atoms with van der Waals surface area (Å²) in [6.07, 6.45) is 6.69. The van der Waals surface area contributed by atoms with Gasteiger partial charge in [0, 0.05) is 6.20 Å². The van der Waals surface area contributed by atoms with Crippen molar-refractivity contribution >= 4 is 0 Å². The minimum Gasteiger partial charge on any atom is -0.320 e. The van der Waals surface area contributed by atoms with Crippen LogP contribution in [-0.4, -0.2) is 23.4 Å². The molecule has 3 nitrogen and oxygen atoms in total. The van der Waals surface area contributed by atoms with Gasteiger partial charge < -0.3 is 5.32 Å². The third-order valence-corrected chi connectivity index (χ3v) is 3.69. The van der Waals surface area contributed by atoms with Crippen molar-refractivity contribution in [3.8, 4) is 0 Å². The Kier molecular flexibility index (Phi) is 5.86. The summed E-state index contributed by atoms with van der Waals surface area (Å²) in [7, 11) is 2.01. The van der Waals surface area contributed by atoms with Crippen LogP contribution in [0.2, 0.25) is 0 Å². The first kappa shape index (κ1) is 15.2. The number of nitrogens with one attached hydrogen (secondary N) is 1. The molecule has 0 aromatic carbocycles. The van der Waals surface area contributed by atoms with Gasteiger partial charge in [-0.3, -0.25) is 4.68 Å². The molecule has 104 valence electrons. The topological polar surface area (TPSA) is 29.9 Å². The lowest BCUT2D eigenvalue weighted by atomic mass is 9.84. The minimum absolute atomic E-state index is 0.316. The van der Waals surface area contributed by atoms with Gasteiger partial charge in [-0.15, -0.1) is 0 Å². The van der Waals surface area contributed by atoms with Crippen molar-refractivity contribution in [2.75, 3.05) is 13.6 Å². The molecule has 1 heterocycles. The highest BCUT2D eigenvalue weighted by atomic mass is 15.3. The van der Waals surface area contributed by atoms with Crippen LogP contribution in [0.25, 0.3) is 0 Å². The van der Waals surface area contributed by atoms with Gasteiger partial charge in [-0.05, 0) is 50.8 Å². The van der Waals surface area contributed by atoms with E-state index in [0.717, 1.165) is 25.8 Å². The summed E-state index contributed by atoms with van der Waals surface area (Å²) in [5.41, 5.74) is 1.54. The first-order chi connectivity index (χ1) is 8.52. The average molecular weight is 251 g/mol. The van der Waals surface area contributed by atoms with E-state index in [9.17, 15) is 0 Å². The Morgan fingerprint density at radius 1 is 1.33 bits per heavy atom. The molecule has 0 fully saturated rings. The van der Waals surface area contributed by atoms with Gasteiger partial charge in [0.2, 0.25) is 0 Å². The largest absolute Gasteiger partial charge is 0.320 e. The third kappa shape index (κ3) is 4.45. The van der Waals surface area contributed by atoms with Crippen molar-refractivity contribution < 1.29 is 0 Å². The second-order valence-electron chi connectivity index (χ2n) is 5.95. The summed E-state index contributed by atoms with van der Waals surface area (Å²) < 4.78 is 2.14. The monoisotopic (exact) mass is 251 g/mol. The van der Waals surface area contributed by atoms with E-state index in [0.29, 0.717) is 11.5 Å². The van der Waals surface area contributed by atoms with E-state index in [-0.39, 0.29) is 0 Å². The zero-order chi connectivity index (χ0) is 13.6. The van der Waals surface area contributed by atoms with Crippen LogP contribution in [0.5, 0.6) is 0 Å². The van der Waals surface area contributed by atoms with E-state index < -0.39 is 0 Å². The molecule has 18 heavy (non-hydrogen) atoms. The van der Waals surface area contributed by atoms with Gasteiger partial charge in [0.25, 0.3) is 0 Å². The van der Waals surface area contributed by atoms with Crippen molar-refractivity contribution in [1.29, 1.82) is 0 Å². The summed E-state index contributed by atoms with van der Waals surface area (Å²) in [5.74, 6) is 0. The molecule has 0 spiro atoms. The molecular weight excluding hydrogens is 222 g/mol. The Morgan fingerprint density at radius 2 is 2.00 bits per heavy atom. The van der Waals surface area contributed by atoms with Crippen molar-refractivity contribution in [1.82, 2.24) is 15.1 Å². The smallest absolute Gasteiger partial charge is 0.0630 e. The quantitative estimate of drug-likeness (QED) is 0.767. The fourth-order valence-electron chi connectivity index (χ4n) is 2.38. The highest BCUT2D eigenvalue weighted by Gasteiger charge is 2.19. The summed E-state index contributed by atoms with van der Waals surface area (Å²) in [4.78, 5) is 0. The molecule has 1 aromatic heterocycles. The van der Waals surface area contributed by atoms with E-state index in [1.54, 1.807) is 0 Å². The van der Waals surface area contributed by atoms with Crippen LogP contribution in [0, 0.1) is 5.41 Å². The van der Waals surface area contributed by atoms with Crippen LogP contribution in [-0.2, 0) is 6.42 Å². The zero-order valence-electron chi connectivity index (χ0n) is 12.7. The fourth-order valence-corrected chi connectivity index (χ4v) is 2.38. The van der Waals surface area contributed by atoms with E-state index in [4.69, 9.17) is 5.10 Å². The van der Waals surface area contributed by atoms with Crippen LogP contribution < -0.4 is 5.32 Å². The van der Waals surface area contributed by atoms with Gasteiger partial charge in [0.05, 0.1) is 11.7 Å². The van der Waals surface area contributed by atoms with E-state index in [1.807, 2.05) is 7.05 Å². The van der Waals surface area contributed by atoms with Gasteiger partial charge in [-0.25, -0.2) is 0 Å². The van der Waals surface area contributed by atoms with Gasteiger partial charge in [-0.2, -0.15) is 5.10 Å². The lowest BCUT2D eigenvalue weighted by Gasteiger charge is -2.23. The van der Waals surface area contributed by atoms with Crippen LogP contribution in [0.3, 0.4) is 0 Å². The Hall–Kier alpha value is -0.830. The zero-order valence-corrected chi connectivity index (χ0v) is 12.7. The van der Waals surface area contributed by atoms with E-state index in [2.05, 4.69) is 50.0 Å². The SMILES string of the molecule is CCC(CC)n1ccc(CC(C)(C)CCNC)n1. The maximum atomic E-state index is 4.74. The average Bonchev–Trinajstić information content (AvgIpc) is 2.76. The van der Waals surface area contributed by atoms with E-state index >= 15 is 0 Å². The van der Waals surface area contributed by atoms with E-state index in [1.165, 1.54) is 12.1 Å². The molecule has 1 rings (SSSR count). The first-order valence-corrected chi connectivity index (χ1v) is 7.21. The molecule has 0 aliphatic heterocycles. The molecule has 0 aliphatic carbocycles. The Balaban J connectivity index is 2.63. The van der Waals surface area contributed by atoms with Crippen molar-refractivity contribution in [2.24, 2.45) is 5.41 Å². The van der Waals surface area contributed by atoms with Gasteiger partial charge in [0.1, 0.15) is 0 Å². The molecule has 1 N–H and O–H groups in total. The number of rotatable bonds is 8. The normalized spacial score (nSPS) is 12.3. The minimum atomic E-state index is 0.316. The molecule has 0 bridgehead atoms. The second kappa shape index (κ2) is 6.93. The summed E-state index contributed by atoms with van der Waals surface area (Å²) >= 11 is 0. The highest BCUT2D eigenvalue weighted by molar-refractivity contribution is 5.03. The van der Waals surface area contributed by atoms with Crippen molar-refractivity contribution in [3.63, 3.8) is 0 Å². The van der Waals surface area contributed by atoms with Gasteiger partial charge in [0.15, 0.2) is 0 Å². The van der Waals surface area contributed by atoms with Crippen LogP contribution in [0.15, 0.2) is 12.3 Å². The number of nitrogens with zero attached hydrogens (tertiary/aromatic N) is 2. The Morgan fingerprint density at radius 3 is 2.56 bits per heavy atom. The third-order valence-electron chi connectivity index (χ3n) is 3.69. The Labute approximate surface area is 112 Å².